The van der Waals surface area contributed by atoms with E-state index in [-0.39, 0.29) is 16.5 Å². The minimum Gasteiger partial charge on any atom is -0.496 e. The quantitative estimate of drug-likeness (QED) is 0.688. The van der Waals surface area contributed by atoms with E-state index in [1.165, 1.54) is 14.0 Å². The van der Waals surface area contributed by atoms with Gasteiger partial charge in [-0.25, -0.2) is 9.37 Å². The summed E-state index contributed by atoms with van der Waals surface area (Å²) in [5.74, 6) is 0.326. The van der Waals surface area contributed by atoms with Crippen LogP contribution < -0.4 is 10.1 Å². The number of halogens is 2. The Morgan fingerprint density at radius 2 is 2.08 bits per heavy atom. The first kappa shape index (κ1) is 17.2. The third-order valence-electron chi connectivity index (χ3n) is 4.10. The Labute approximate surface area is 149 Å². The van der Waals surface area contributed by atoms with E-state index in [1.54, 1.807) is 42.8 Å². The second-order valence-electron chi connectivity index (χ2n) is 5.77. The molecule has 0 saturated heterocycles. The van der Waals surface area contributed by atoms with Crippen LogP contribution in [0.25, 0.3) is 11.0 Å². The highest BCUT2D eigenvalue weighted by molar-refractivity contribution is 6.33. The molecular formula is C18H17ClFN3O2. The van der Waals surface area contributed by atoms with Gasteiger partial charge in [0.05, 0.1) is 34.4 Å². The molecule has 0 spiro atoms. The summed E-state index contributed by atoms with van der Waals surface area (Å²) in [7, 11) is 3.29. The summed E-state index contributed by atoms with van der Waals surface area (Å²) in [6, 6.07) is 6.64. The maximum absolute atomic E-state index is 14.4. The molecule has 0 aliphatic carbocycles. The fourth-order valence-electron chi connectivity index (χ4n) is 2.66. The number of fused-ring (bicyclic) bond motifs is 1. The van der Waals surface area contributed by atoms with Gasteiger partial charge in [0.1, 0.15) is 5.75 Å². The third kappa shape index (κ3) is 2.93. The normalized spacial score (nSPS) is 11.0. The fraction of sp³-hybridized carbons (Fsp3) is 0.222. The number of hydrogen-bond donors (Lipinski definition) is 1. The molecule has 3 aromatic rings. The Hall–Kier alpha value is -2.60. The van der Waals surface area contributed by atoms with E-state index < -0.39 is 5.82 Å². The van der Waals surface area contributed by atoms with Crippen molar-refractivity contribution < 1.29 is 13.9 Å². The van der Waals surface area contributed by atoms with Gasteiger partial charge in [0.25, 0.3) is 0 Å². The Balaban J connectivity index is 2.14. The van der Waals surface area contributed by atoms with Crippen LogP contribution in [-0.4, -0.2) is 22.4 Å². The van der Waals surface area contributed by atoms with E-state index in [2.05, 4.69) is 10.3 Å². The van der Waals surface area contributed by atoms with Crippen LogP contribution in [-0.2, 0) is 7.05 Å². The topological polar surface area (TPSA) is 56.1 Å². The summed E-state index contributed by atoms with van der Waals surface area (Å²) in [5.41, 5.74) is 2.43. The van der Waals surface area contributed by atoms with Gasteiger partial charge in [-0.05, 0) is 31.5 Å². The molecule has 25 heavy (non-hydrogen) atoms. The number of carbonyl (C=O) groups excluding carboxylic acids is 1. The molecule has 1 heterocycles. The van der Waals surface area contributed by atoms with E-state index in [4.69, 9.17) is 16.3 Å². The minimum atomic E-state index is -0.429. The van der Waals surface area contributed by atoms with Crippen LogP contribution in [0, 0.1) is 12.7 Å². The molecule has 1 N–H and O–H groups in total. The zero-order chi connectivity index (χ0) is 18.3. The second-order valence-corrected chi connectivity index (χ2v) is 6.18. The van der Waals surface area contributed by atoms with E-state index in [1.807, 2.05) is 0 Å². The van der Waals surface area contributed by atoms with E-state index in [9.17, 15) is 9.18 Å². The largest absolute Gasteiger partial charge is 0.496 e. The van der Waals surface area contributed by atoms with Crippen molar-refractivity contribution in [3.05, 3.63) is 46.2 Å². The van der Waals surface area contributed by atoms with Crippen molar-refractivity contribution in [2.24, 2.45) is 7.05 Å². The van der Waals surface area contributed by atoms with Crippen LogP contribution in [0.4, 0.5) is 16.0 Å². The number of nitrogens with one attached hydrogen (secondary N) is 1. The van der Waals surface area contributed by atoms with Crippen LogP contribution in [0.2, 0.25) is 5.02 Å². The van der Waals surface area contributed by atoms with Gasteiger partial charge < -0.3 is 14.6 Å². The first-order chi connectivity index (χ1) is 11.8. The molecule has 5 nitrogen and oxygen atoms in total. The molecule has 7 heteroatoms. The van der Waals surface area contributed by atoms with Crippen molar-refractivity contribution in [2.75, 3.05) is 12.4 Å². The number of aromatic nitrogens is 2. The van der Waals surface area contributed by atoms with Gasteiger partial charge in [0, 0.05) is 13.1 Å². The van der Waals surface area contributed by atoms with Crippen molar-refractivity contribution in [1.82, 2.24) is 9.55 Å². The number of hydrogen-bond acceptors (Lipinski definition) is 4. The Morgan fingerprint density at radius 3 is 2.72 bits per heavy atom. The van der Waals surface area contributed by atoms with Crippen LogP contribution in [0.1, 0.15) is 22.8 Å². The molecule has 0 saturated carbocycles. The maximum atomic E-state index is 14.4. The summed E-state index contributed by atoms with van der Waals surface area (Å²) in [6.07, 6.45) is 0. The van der Waals surface area contributed by atoms with Crippen molar-refractivity contribution in [2.45, 2.75) is 13.8 Å². The maximum Gasteiger partial charge on any atom is 0.208 e. The van der Waals surface area contributed by atoms with Gasteiger partial charge in [-0.15, -0.1) is 0 Å². The first-order valence-electron chi connectivity index (χ1n) is 7.60. The van der Waals surface area contributed by atoms with E-state index in [0.717, 1.165) is 5.52 Å². The molecule has 0 radical (unpaired) electrons. The molecule has 2 aromatic carbocycles. The van der Waals surface area contributed by atoms with Crippen molar-refractivity contribution >= 4 is 40.1 Å². The van der Waals surface area contributed by atoms with Gasteiger partial charge in [0.15, 0.2) is 11.6 Å². The molecule has 0 bridgehead atoms. The number of Topliss-reactive ketones (excluding diaryl/α,β-unsaturated/α-hetero) is 1. The summed E-state index contributed by atoms with van der Waals surface area (Å²) < 4.78 is 21.4. The molecule has 0 fully saturated rings. The first-order valence-corrected chi connectivity index (χ1v) is 7.98. The summed E-state index contributed by atoms with van der Waals surface area (Å²) >= 11 is 6.11. The Morgan fingerprint density at radius 1 is 1.36 bits per heavy atom. The predicted molar refractivity (Wildman–Crippen MR) is 96.7 cm³/mol. The average molecular weight is 362 g/mol. The number of imidazole rings is 1. The Bertz CT molecular complexity index is 998. The fourth-order valence-corrected chi connectivity index (χ4v) is 2.85. The molecule has 1 aromatic heterocycles. The number of aryl methyl sites for hydroxylation is 2. The zero-order valence-corrected chi connectivity index (χ0v) is 15.0. The number of methoxy groups -OCH3 is 1. The smallest absolute Gasteiger partial charge is 0.208 e. The van der Waals surface area contributed by atoms with Crippen LogP contribution in [0.15, 0.2) is 24.3 Å². The van der Waals surface area contributed by atoms with Gasteiger partial charge in [-0.1, -0.05) is 17.7 Å². The molecule has 0 unspecified atom stereocenters. The number of nitrogens with zero attached hydrogens (tertiary/aromatic N) is 2. The second kappa shape index (κ2) is 6.37. The third-order valence-corrected chi connectivity index (χ3v) is 4.42. The zero-order valence-electron chi connectivity index (χ0n) is 14.3. The lowest BCUT2D eigenvalue weighted by Gasteiger charge is -2.11. The van der Waals surface area contributed by atoms with Crippen LogP contribution >= 0.6 is 11.6 Å². The summed E-state index contributed by atoms with van der Waals surface area (Å²) in [5, 5.41) is 3.21. The number of carbonyl (C=O) groups is 1. The lowest BCUT2D eigenvalue weighted by Crippen LogP contribution is -2.02. The highest BCUT2D eigenvalue weighted by atomic mass is 35.5. The molecule has 0 aliphatic rings. The van der Waals surface area contributed by atoms with Crippen molar-refractivity contribution in [3.63, 3.8) is 0 Å². The highest BCUT2D eigenvalue weighted by Crippen LogP contribution is 2.32. The van der Waals surface area contributed by atoms with Crippen molar-refractivity contribution in [3.8, 4) is 5.75 Å². The number of anilines is 2. The summed E-state index contributed by atoms with van der Waals surface area (Å²) in [6.45, 7) is 3.13. The Kier molecular flexibility index (Phi) is 4.39. The highest BCUT2D eigenvalue weighted by Gasteiger charge is 2.17. The molecule has 0 aliphatic heterocycles. The molecule has 0 amide bonds. The van der Waals surface area contributed by atoms with Gasteiger partial charge in [-0.3, -0.25) is 4.79 Å². The lowest BCUT2D eigenvalue weighted by molar-refractivity contribution is 0.101. The minimum absolute atomic E-state index is 0.119. The summed E-state index contributed by atoms with van der Waals surface area (Å²) in [4.78, 5) is 16.2. The SMILES string of the molecule is COc1cc2c(cc1C(C)=O)nc(Nc1c(Cl)ccc(C)c1F)n2C. The molecule has 130 valence electrons. The van der Waals surface area contributed by atoms with Gasteiger partial charge >= 0.3 is 0 Å². The predicted octanol–water partition coefficient (Wildman–Crippen LogP) is 4.63. The number of benzene rings is 2. The van der Waals surface area contributed by atoms with Crippen molar-refractivity contribution in [1.29, 1.82) is 0 Å². The lowest BCUT2D eigenvalue weighted by atomic mass is 10.1. The average Bonchev–Trinajstić information content (AvgIpc) is 2.89. The van der Waals surface area contributed by atoms with Gasteiger partial charge in [-0.2, -0.15) is 0 Å². The monoisotopic (exact) mass is 361 g/mol. The number of ketones is 1. The van der Waals surface area contributed by atoms with Crippen LogP contribution in [0.3, 0.4) is 0 Å². The van der Waals surface area contributed by atoms with Crippen LogP contribution in [0.5, 0.6) is 5.75 Å². The van der Waals surface area contributed by atoms with E-state index in [0.29, 0.717) is 28.3 Å². The number of ether oxygens (including phenoxy) is 1. The number of rotatable bonds is 4. The standard InChI is InChI=1S/C18H17ClFN3O2/c1-9-5-6-12(19)17(16(9)20)22-18-21-13-7-11(10(2)24)15(25-4)8-14(13)23(18)3/h5-8H,1-4H3,(H,21,22). The van der Waals surface area contributed by atoms with E-state index >= 15 is 0 Å². The molecule has 3 rings (SSSR count). The molecule has 0 atom stereocenters. The molecular weight excluding hydrogens is 345 g/mol. The van der Waals surface area contributed by atoms with Gasteiger partial charge in [0.2, 0.25) is 5.95 Å².